The van der Waals surface area contributed by atoms with Crippen molar-refractivity contribution in [2.45, 2.75) is 6.42 Å². The molecule has 0 spiro atoms. The Labute approximate surface area is 54.5 Å². The second-order valence-corrected chi connectivity index (χ2v) is 1.20. The average Bonchev–Trinajstić information content (AvgIpc) is 1.89. The molecule has 0 rings (SSSR count). The van der Waals surface area contributed by atoms with Gasteiger partial charge in [0.05, 0.1) is 6.42 Å². The first-order valence-electron chi connectivity index (χ1n) is 2.55. The summed E-state index contributed by atoms with van der Waals surface area (Å²) in [5.41, 5.74) is 0. The van der Waals surface area contributed by atoms with Crippen LogP contribution in [0.4, 0.5) is 0 Å². The molecule has 2 heteroatoms. The molecule has 0 unspecified atom stereocenters. The summed E-state index contributed by atoms with van der Waals surface area (Å²) < 4.78 is 0. The summed E-state index contributed by atoms with van der Waals surface area (Å²) in [6, 6.07) is 0. The molecule has 0 aliphatic rings. The minimum absolute atomic E-state index is 0.124. The van der Waals surface area contributed by atoms with Crippen LogP contribution in [0.2, 0.25) is 0 Å². The molecular weight excluding hydrogens is 116 g/mol. The van der Waals surface area contributed by atoms with Gasteiger partial charge in [0.2, 0.25) is 0 Å². The third kappa shape index (κ3) is 7.04. The second kappa shape index (κ2) is 7.04. The van der Waals surface area contributed by atoms with E-state index in [1.807, 2.05) is 0 Å². The van der Waals surface area contributed by atoms with Crippen LogP contribution in [0.15, 0.2) is 0 Å². The summed E-state index contributed by atoms with van der Waals surface area (Å²) in [6.07, 6.45) is 0.418. The third-order valence-electron chi connectivity index (χ3n) is 0.585. The topological polar surface area (TPSA) is 40.5 Å². The molecule has 48 valence electrons. The molecule has 0 radical (unpaired) electrons. The zero-order valence-electron chi connectivity index (χ0n) is 5.02. The van der Waals surface area contributed by atoms with Crippen LogP contribution in [0.5, 0.6) is 0 Å². The van der Waals surface area contributed by atoms with Gasteiger partial charge in [-0.1, -0.05) is 23.7 Å². The minimum atomic E-state index is -0.124. The Balaban J connectivity index is 3.28. The molecule has 0 aliphatic heterocycles. The molecule has 0 heterocycles. The number of aliphatic hydroxyl groups excluding tert-OH is 2. The van der Waals surface area contributed by atoms with Crippen LogP contribution in [0.25, 0.3) is 0 Å². The zero-order valence-corrected chi connectivity index (χ0v) is 5.02. The molecule has 0 aromatic carbocycles. The summed E-state index contributed by atoms with van der Waals surface area (Å²) in [6.45, 7) is -0.248. The number of aliphatic hydroxyl groups is 2. The molecule has 0 aliphatic carbocycles. The van der Waals surface area contributed by atoms with Gasteiger partial charge < -0.3 is 10.2 Å². The number of hydrogen-bond donors (Lipinski definition) is 2. The molecule has 0 atom stereocenters. The van der Waals surface area contributed by atoms with Crippen molar-refractivity contribution in [1.82, 2.24) is 0 Å². The molecule has 9 heavy (non-hydrogen) atoms. The molecule has 0 bridgehead atoms. The van der Waals surface area contributed by atoms with E-state index >= 15 is 0 Å². The predicted octanol–water partition coefficient (Wildman–Crippen LogP) is -0.632. The van der Waals surface area contributed by atoms with E-state index in [1.54, 1.807) is 0 Å². The molecule has 0 fully saturated rings. The Bertz CT molecular complexity index is 143. The zero-order chi connectivity index (χ0) is 6.95. The lowest BCUT2D eigenvalue weighted by molar-refractivity contribution is 0.350. The molecule has 0 aromatic rings. The van der Waals surface area contributed by atoms with Crippen molar-refractivity contribution in [3.8, 4) is 23.7 Å². The van der Waals surface area contributed by atoms with E-state index in [-0.39, 0.29) is 13.2 Å². The summed E-state index contributed by atoms with van der Waals surface area (Å²) in [5.74, 6) is 10.0. The van der Waals surface area contributed by atoms with Crippen LogP contribution in [0.1, 0.15) is 6.42 Å². The molecular formula is C7H8O2. The van der Waals surface area contributed by atoms with Crippen LogP contribution in [-0.2, 0) is 0 Å². The van der Waals surface area contributed by atoms with Crippen molar-refractivity contribution in [3.05, 3.63) is 0 Å². The highest BCUT2D eigenvalue weighted by Gasteiger charge is 1.64. The van der Waals surface area contributed by atoms with Gasteiger partial charge in [-0.2, -0.15) is 0 Å². The highest BCUT2D eigenvalue weighted by Crippen LogP contribution is 1.67. The van der Waals surface area contributed by atoms with E-state index in [0.29, 0.717) is 6.42 Å². The maximum atomic E-state index is 8.15. The lowest BCUT2D eigenvalue weighted by Gasteiger charge is -1.70. The molecule has 0 saturated heterocycles. The minimum Gasteiger partial charge on any atom is -0.384 e. The van der Waals surface area contributed by atoms with E-state index in [9.17, 15) is 0 Å². The predicted molar refractivity (Wildman–Crippen MR) is 34.3 cm³/mol. The molecule has 0 amide bonds. The summed E-state index contributed by atoms with van der Waals surface area (Å²) >= 11 is 0. The van der Waals surface area contributed by atoms with Gasteiger partial charge in [-0.05, 0) is 0 Å². The van der Waals surface area contributed by atoms with Crippen LogP contribution in [-0.4, -0.2) is 23.4 Å². The normalized spacial score (nSPS) is 6.44. The first-order valence-corrected chi connectivity index (χ1v) is 2.55. The van der Waals surface area contributed by atoms with E-state index in [1.165, 1.54) is 0 Å². The highest BCUT2D eigenvalue weighted by atomic mass is 16.3. The quantitative estimate of drug-likeness (QED) is 0.422. The summed E-state index contributed by atoms with van der Waals surface area (Å²) in [7, 11) is 0. The Hall–Kier alpha value is -0.960. The summed E-state index contributed by atoms with van der Waals surface area (Å²) in [5, 5.41) is 16.3. The van der Waals surface area contributed by atoms with Crippen molar-refractivity contribution >= 4 is 0 Å². The fourth-order valence-electron chi connectivity index (χ4n) is 0.281. The van der Waals surface area contributed by atoms with Crippen LogP contribution in [0.3, 0.4) is 0 Å². The lowest BCUT2D eigenvalue weighted by atomic mass is 10.4. The van der Waals surface area contributed by atoms with Crippen LogP contribution in [0, 0.1) is 23.7 Å². The van der Waals surface area contributed by atoms with Crippen LogP contribution >= 0.6 is 0 Å². The maximum absolute atomic E-state index is 8.15. The van der Waals surface area contributed by atoms with Gasteiger partial charge in [0.1, 0.15) is 13.2 Å². The SMILES string of the molecule is OCC#CCC#CCO. The Morgan fingerprint density at radius 2 is 1.22 bits per heavy atom. The van der Waals surface area contributed by atoms with Gasteiger partial charge in [0, 0.05) is 0 Å². The number of hydrogen-bond acceptors (Lipinski definition) is 2. The van der Waals surface area contributed by atoms with Gasteiger partial charge in [0.15, 0.2) is 0 Å². The highest BCUT2D eigenvalue weighted by molar-refractivity contribution is 5.11. The Morgan fingerprint density at radius 1 is 0.778 bits per heavy atom. The smallest absolute Gasteiger partial charge is 0.104 e. The molecule has 2 N–H and O–H groups in total. The Morgan fingerprint density at radius 3 is 1.56 bits per heavy atom. The van der Waals surface area contributed by atoms with Gasteiger partial charge in [-0.15, -0.1) is 0 Å². The van der Waals surface area contributed by atoms with E-state index in [0.717, 1.165) is 0 Å². The first kappa shape index (κ1) is 8.04. The van der Waals surface area contributed by atoms with Crippen LogP contribution < -0.4 is 0 Å². The Kier molecular flexibility index (Phi) is 6.29. The molecule has 2 nitrogen and oxygen atoms in total. The standard InChI is InChI=1S/C7H8O2/c8-6-4-2-1-3-5-7-9/h8-9H,1,6-7H2. The van der Waals surface area contributed by atoms with E-state index < -0.39 is 0 Å². The van der Waals surface area contributed by atoms with Crippen molar-refractivity contribution < 1.29 is 10.2 Å². The van der Waals surface area contributed by atoms with Gasteiger partial charge >= 0.3 is 0 Å². The maximum Gasteiger partial charge on any atom is 0.104 e. The lowest BCUT2D eigenvalue weighted by Crippen LogP contribution is -1.72. The third-order valence-corrected chi connectivity index (χ3v) is 0.585. The first-order chi connectivity index (χ1) is 4.41. The van der Waals surface area contributed by atoms with Crippen molar-refractivity contribution in [2.24, 2.45) is 0 Å². The fourth-order valence-corrected chi connectivity index (χ4v) is 0.281. The second-order valence-electron chi connectivity index (χ2n) is 1.20. The largest absolute Gasteiger partial charge is 0.384 e. The van der Waals surface area contributed by atoms with Crippen molar-refractivity contribution in [2.75, 3.05) is 13.2 Å². The van der Waals surface area contributed by atoms with E-state index in [4.69, 9.17) is 10.2 Å². The van der Waals surface area contributed by atoms with Gasteiger partial charge in [-0.25, -0.2) is 0 Å². The van der Waals surface area contributed by atoms with Gasteiger partial charge in [-0.3, -0.25) is 0 Å². The summed E-state index contributed by atoms with van der Waals surface area (Å²) in [4.78, 5) is 0. The fraction of sp³-hybridized carbons (Fsp3) is 0.429. The van der Waals surface area contributed by atoms with Crippen molar-refractivity contribution in [1.29, 1.82) is 0 Å². The number of rotatable bonds is 0. The average molecular weight is 124 g/mol. The molecule has 0 saturated carbocycles. The monoisotopic (exact) mass is 124 g/mol. The molecule has 0 aromatic heterocycles. The van der Waals surface area contributed by atoms with Crippen molar-refractivity contribution in [3.63, 3.8) is 0 Å². The van der Waals surface area contributed by atoms with E-state index in [2.05, 4.69) is 23.7 Å². The van der Waals surface area contributed by atoms with Gasteiger partial charge in [0.25, 0.3) is 0 Å².